The number of piperazine rings is 1. The zero-order valence-electron chi connectivity index (χ0n) is 15.6. The first kappa shape index (κ1) is 20.9. The second kappa shape index (κ2) is 10.1. The third kappa shape index (κ3) is 5.85. The van der Waals surface area contributed by atoms with E-state index in [1.54, 1.807) is 22.4 Å². The summed E-state index contributed by atoms with van der Waals surface area (Å²) in [5.41, 5.74) is 1.06. The fourth-order valence-electron chi connectivity index (χ4n) is 2.94. The van der Waals surface area contributed by atoms with Gasteiger partial charge in [-0.2, -0.15) is 0 Å². The lowest BCUT2D eigenvalue weighted by Crippen LogP contribution is -2.60. The Bertz CT molecular complexity index is 871. The van der Waals surface area contributed by atoms with Crippen molar-refractivity contribution in [1.29, 1.82) is 0 Å². The summed E-state index contributed by atoms with van der Waals surface area (Å²) < 4.78 is 5.29. The number of amides is 2. The molecule has 1 aliphatic rings. The largest absolute Gasteiger partial charge is 0.465 e. The number of esters is 1. The third-order valence-electron chi connectivity index (χ3n) is 4.41. The summed E-state index contributed by atoms with van der Waals surface area (Å²) in [5, 5.41) is 7.28. The molecular weight excluding hydrogens is 410 g/mol. The minimum atomic E-state index is -0.816. The highest BCUT2D eigenvalue weighted by Crippen LogP contribution is 2.13. The molecule has 0 spiro atoms. The number of carbonyl (C=O) groups is 3. The Hall–Kier alpha value is -2.78. The van der Waals surface area contributed by atoms with Crippen LogP contribution in [0.3, 0.4) is 0 Å². The number of rotatable bonds is 6. The Kier molecular flexibility index (Phi) is 7.31. The maximum atomic E-state index is 12.3. The zero-order valence-corrected chi connectivity index (χ0v) is 17.3. The van der Waals surface area contributed by atoms with Crippen molar-refractivity contribution in [3.8, 4) is 0 Å². The molecule has 9 heteroatoms. The zero-order chi connectivity index (χ0) is 20.6. The first-order chi connectivity index (χ1) is 14.0. The molecule has 3 rings (SSSR count). The van der Waals surface area contributed by atoms with Gasteiger partial charge >= 0.3 is 5.97 Å². The van der Waals surface area contributed by atoms with Gasteiger partial charge in [0.05, 0.1) is 17.9 Å². The van der Waals surface area contributed by atoms with Crippen LogP contribution < -0.4 is 10.6 Å². The van der Waals surface area contributed by atoms with Crippen LogP contribution in [0.4, 0.5) is 0 Å². The quantitative estimate of drug-likeness (QED) is 0.535. The normalized spacial score (nSPS) is 16.1. The number of hydrogen-bond acceptors (Lipinski definition) is 6. The highest BCUT2D eigenvalue weighted by atomic mass is 32.1. The molecule has 1 unspecified atom stereocenters. The van der Waals surface area contributed by atoms with Gasteiger partial charge in [0.25, 0.3) is 5.91 Å². The maximum Gasteiger partial charge on any atom is 0.308 e. The van der Waals surface area contributed by atoms with Crippen molar-refractivity contribution in [3.05, 3.63) is 58.3 Å². The van der Waals surface area contributed by atoms with Gasteiger partial charge in [0.1, 0.15) is 6.04 Å². The molecular formula is C20H21N3O4S2. The standard InChI is InChI=1S/C20H21N3O4S2/c24-17(27-11-8-14-5-2-1-3-6-14)13-15-18(25)21-9-10-23(15)20(28)22-19(26)16-7-4-12-29-16/h1-7,12,15H,8-11,13H2,(H,21,25)(H,22,26,28). The van der Waals surface area contributed by atoms with Gasteiger partial charge in [0, 0.05) is 19.5 Å². The van der Waals surface area contributed by atoms with Crippen LogP contribution in [0.2, 0.25) is 0 Å². The average Bonchev–Trinajstić information content (AvgIpc) is 3.25. The smallest absolute Gasteiger partial charge is 0.308 e. The lowest BCUT2D eigenvalue weighted by molar-refractivity contribution is -0.147. The fraction of sp³-hybridized carbons (Fsp3) is 0.300. The summed E-state index contributed by atoms with van der Waals surface area (Å²) >= 11 is 6.62. The second-order valence-electron chi connectivity index (χ2n) is 6.40. The van der Waals surface area contributed by atoms with Crippen LogP contribution in [0, 0.1) is 0 Å². The molecule has 2 heterocycles. The Morgan fingerprint density at radius 1 is 1.24 bits per heavy atom. The van der Waals surface area contributed by atoms with Gasteiger partial charge in [-0.05, 0) is 29.2 Å². The van der Waals surface area contributed by atoms with E-state index in [1.807, 2.05) is 30.3 Å². The third-order valence-corrected chi connectivity index (χ3v) is 5.62. The van der Waals surface area contributed by atoms with E-state index in [4.69, 9.17) is 17.0 Å². The van der Waals surface area contributed by atoms with Crippen molar-refractivity contribution in [1.82, 2.24) is 15.5 Å². The molecule has 1 atom stereocenters. The minimum absolute atomic E-state index is 0.125. The van der Waals surface area contributed by atoms with Crippen molar-refractivity contribution >= 4 is 46.5 Å². The van der Waals surface area contributed by atoms with Crippen LogP contribution in [-0.2, 0) is 20.7 Å². The molecule has 1 saturated heterocycles. The number of ether oxygens (including phenoxy) is 1. The second-order valence-corrected chi connectivity index (χ2v) is 7.73. The molecule has 2 aromatic rings. The Labute approximate surface area is 178 Å². The summed E-state index contributed by atoms with van der Waals surface area (Å²) in [6.07, 6.45) is 0.456. The molecule has 29 heavy (non-hydrogen) atoms. The van der Waals surface area contributed by atoms with Gasteiger partial charge < -0.3 is 15.0 Å². The Balaban J connectivity index is 1.54. The van der Waals surface area contributed by atoms with E-state index in [9.17, 15) is 14.4 Å². The molecule has 7 nitrogen and oxygen atoms in total. The fourth-order valence-corrected chi connectivity index (χ4v) is 3.87. The van der Waals surface area contributed by atoms with Crippen LogP contribution in [-0.4, -0.2) is 53.5 Å². The van der Waals surface area contributed by atoms with Crippen molar-refractivity contribution < 1.29 is 19.1 Å². The maximum absolute atomic E-state index is 12.3. The molecule has 0 aliphatic carbocycles. The number of carbonyl (C=O) groups excluding carboxylic acids is 3. The molecule has 1 fully saturated rings. The minimum Gasteiger partial charge on any atom is -0.465 e. The molecule has 1 aromatic carbocycles. The molecule has 2 amide bonds. The summed E-state index contributed by atoms with van der Waals surface area (Å²) in [6.45, 7) is 1.02. The van der Waals surface area contributed by atoms with E-state index in [0.717, 1.165) is 5.56 Å². The van der Waals surface area contributed by atoms with Crippen LogP contribution >= 0.6 is 23.6 Å². The van der Waals surface area contributed by atoms with Crippen LogP contribution in [0.1, 0.15) is 21.7 Å². The van der Waals surface area contributed by atoms with Crippen molar-refractivity contribution in [2.24, 2.45) is 0 Å². The van der Waals surface area contributed by atoms with E-state index >= 15 is 0 Å². The van der Waals surface area contributed by atoms with Crippen LogP contribution in [0.5, 0.6) is 0 Å². The van der Waals surface area contributed by atoms with E-state index in [2.05, 4.69) is 10.6 Å². The van der Waals surface area contributed by atoms with Crippen molar-refractivity contribution in [2.45, 2.75) is 18.9 Å². The molecule has 0 bridgehead atoms. The van der Waals surface area contributed by atoms with Gasteiger partial charge in [-0.1, -0.05) is 36.4 Å². The molecule has 0 saturated carbocycles. The molecule has 1 aromatic heterocycles. The lowest BCUT2D eigenvalue weighted by Gasteiger charge is -2.36. The monoisotopic (exact) mass is 431 g/mol. The van der Waals surface area contributed by atoms with Crippen molar-refractivity contribution in [3.63, 3.8) is 0 Å². The summed E-state index contributed by atoms with van der Waals surface area (Å²) in [4.78, 5) is 38.9. The van der Waals surface area contributed by atoms with Gasteiger partial charge in [-0.15, -0.1) is 11.3 Å². The van der Waals surface area contributed by atoms with Crippen molar-refractivity contribution in [2.75, 3.05) is 19.7 Å². The van der Waals surface area contributed by atoms with Gasteiger partial charge in [0.15, 0.2) is 5.11 Å². The first-order valence-corrected chi connectivity index (χ1v) is 10.5. The molecule has 0 radical (unpaired) electrons. The Morgan fingerprint density at radius 3 is 2.76 bits per heavy atom. The highest BCUT2D eigenvalue weighted by Gasteiger charge is 2.34. The topological polar surface area (TPSA) is 87.7 Å². The SMILES string of the molecule is O=C(CC1C(=O)NCCN1C(=S)NC(=O)c1cccs1)OCCc1ccccc1. The van der Waals surface area contributed by atoms with Crippen LogP contribution in [0.15, 0.2) is 47.8 Å². The van der Waals surface area contributed by atoms with E-state index < -0.39 is 12.0 Å². The first-order valence-electron chi connectivity index (χ1n) is 9.17. The number of thiophene rings is 1. The van der Waals surface area contributed by atoms with Crippen LogP contribution in [0.25, 0.3) is 0 Å². The molecule has 2 N–H and O–H groups in total. The van der Waals surface area contributed by atoms with Gasteiger partial charge in [-0.3, -0.25) is 19.7 Å². The lowest BCUT2D eigenvalue weighted by atomic mass is 10.1. The van der Waals surface area contributed by atoms with E-state index in [1.165, 1.54) is 11.3 Å². The Morgan fingerprint density at radius 2 is 2.03 bits per heavy atom. The van der Waals surface area contributed by atoms with E-state index in [0.29, 0.717) is 24.4 Å². The number of nitrogens with zero attached hydrogens (tertiary/aromatic N) is 1. The van der Waals surface area contributed by atoms with E-state index in [-0.39, 0.29) is 30.0 Å². The average molecular weight is 432 g/mol. The molecule has 1 aliphatic heterocycles. The van der Waals surface area contributed by atoms with Gasteiger partial charge in [-0.25, -0.2) is 0 Å². The number of thiocarbonyl (C=S) groups is 1. The predicted octanol–water partition coefficient (Wildman–Crippen LogP) is 1.74. The summed E-state index contributed by atoms with van der Waals surface area (Å²) in [7, 11) is 0. The summed E-state index contributed by atoms with van der Waals surface area (Å²) in [6, 6.07) is 12.3. The number of nitrogens with one attached hydrogen (secondary N) is 2. The number of hydrogen-bond donors (Lipinski definition) is 2. The predicted molar refractivity (Wildman–Crippen MR) is 114 cm³/mol. The van der Waals surface area contributed by atoms with Gasteiger partial charge in [0.2, 0.25) is 5.91 Å². The number of benzene rings is 1. The summed E-state index contributed by atoms with van der Waals surface area (Å²) in [5.74, 6) is -1.13. The molecule has 152 valence electrons. The highest BCUT2D eigenvalue weighted by molar-refractivity contribution is 7.80.